The zero-order chi connectivity index (χ0) is 46.7. The Balaban J connectivity index is 1.40. The normalized spacial score (nSPS) is 21.5. The van der Waals surface area contributed by atoms with Crippen LogP contribution in [0.15, 0.2) is 127 Å². The number of nitrogens with one attached hydrogen (secondary N) is 5. The monoisotopic (exact) mass is 901 g/mol. The molecular weight excluding hydrogens is 851 g/mol. The lowest BCUT2D eigenvalue weighted by molar-refractivity contribution is -0.147. The van der Waals surface area contributed by atoms with E-state index < -0.39 is 89.5 Å². The second kappa shape index (κ2) is 21.6. The third-order valence-corrected chi connectivity index (χ3v) is 12.0. The highest BCUT2D eigenvalue weighted by atomic mass is 32.1. The van der Waals surface area contributed by atoms with Crippen molar-refractivity contribution in [3.63, 3.8) is 0 Å². The molecule has 2 bridgehead atoms. The fourth-order valence-corrected chi connectivity index (χ4v) is 8.01. The third kappa shape index (κ3) is 13.0. The summed E-state index contributed by atoms with van der Waals surface area (Å²) in [5.41, 5.74) is 2.13. The van der Waals surface area contributed by atoms with Gasteiger partial charge in [0, 0.05) is 35.7 Å². The molecule has 0 fully saturated rings. The van der Waals surface area contributed by atoms with E-state index in [0.717, 1.165) is 11.1 Å². The molecule has 2 aliphatic heterocycles. The number of hydrogen-bond donors (Lipinski definition) is 8. The maximum absolute atomic E-state index is 14.7. The number of ketones is 1. The summed E-state index contributed by atoms with van der Waals surface area (Å²) >= 11 is 1.29. The number of carbonyl (C=O) groups is 7. The number of hydrogen-bond acceptors (Lipinski definition) is 10. The standard InChI is InChI=1S/C49H51N5O10S/c1-49(2,48(63)64)54-43(58)34-24-30-17-21-35(22-18-30)50-46(61)41(56)42(57)47(62)53-39(28-36-14-9-23-65-36)45(60)52-38(26-31-15-19-33(20-16-31)32-12-7-4-8-13-32)44(59)51-37(40(55)27-34)25-29-10-5-3-6-11-29/h3-23,34,37-39,41-42,56-57H,24-28H2,1-2H3,(H,50,61)(H,51,59)(H,52,60)(H,53,62)(H,54,58)(H,63,64)/t34-,37-,38+,39-,41-,42-/m1/s1. The van der Waals surface area contributed by atoms with Gasteiger partial charge in [0.2, 0.25) is 17.7 Å². The van der Waals surface area contributed by atoms with Crippen LogP contribution >= 0.6 is 11.3 Å². The summed E-state index contributed by atoms with van der Waals surface area (Å²) in [4.78, 5) is 96.8. The van der Waals surface area contributed by atoms with Gasteiger partial charge in [-0.05, 0) is 78.1 Å². The lowest BCUT2D eigenvalue weighted by Gasteiger charge is -2.28. The Morgan fingerprint density at radius 2 is 1.15 bits per heavy atom. The van der Waals surface area contributed by atoms with Crippen molar-refractivity contribution in [3.05, 3.63) is 148 Å². The van der Waals surface area contributed by atoms with Crippen LogP contribution in [-0.4, -0.2) is 92.5 Å². The van der Waals surface area contributed by atoms with E-state index in [1.54, 1.807) is 72.1 Å². The second-order valence-corrected chi connectivity index (χ2v) is 17.5. The van der Waals surface area contributed by atoms with E-state index in [-0.39, 0.29) is 31.4 Å². The zero-order valence-corrected chi connectivity index (χ0v) is 36.5. The molecule has 0 unspecified atom stereocenters. The van der Waals surface area contributed by atoms with Gasteiger partial charge in [-0.3, -0.25) is 28.8 Å². The van der Waals surface area contributed by atoms with Gasteiger partial charge >= 0.3 is 5.97 Å². The van der Waals surface area contributed by atoms with Crippen LogP contribution in [0.25, 0.3) is 11.1 Å². The number of aliphatic hydroxyl groups excluding tert-OH is 2. The predicted molar refractivity (Wildman–Crippen MR) is 243 cm³/mol. The maximum atomic E-state index is 14.7. The molecule has 0 aliphatic carbocycles. The van der Waals surface area contributed by atoms with Crippen molar-refractivity contribution in [2.45, 2.75) is 81.8 Å². The number of Topliss-reactive ketones (excluding diaryl/α,β-unsaturated/α-hetero) is 1. The molecule has 15 nitrogen and oxygen atoms in total. The summed E-state index contributed by atoms with van der Waals surface area (Å²) in [6, 6.07) is 31.3. The Morgan fingerprint density at radius 3 is 1.77 bits per heavy atom. The number of carboxylic acid groups (broad SMARTS) is 1. The Labute approximate surface area is 379 Å². The molecular formula is C49H51N5O10S. The van der Waals surface area contributed by atoms with E-state index in [9.17, 15) is 48.9 Å². The molecule has 6 atom stereocenters. The highest BCUT2D eigenvalue weighted by Gasteiger charge is 2.37. The van der Waals surface area contributed by atoms with Gasteiger partial charge in [-0.25, -0.2) is 4.79 Å². The molecule has 0 saturated heterocycles. The Bertz CT molecular complexity index is 2460. The summed E-state index contributed by atoms with van der Waals surface area (Å²) in [6.45, 7) is 2.62. The van der Waals surface area contributed by atoms with E-state index in [2.05, 4.69) is 26.6 Å². The fourth-order valence-electron chi connectivity index (χ4n) is 7.26. The number of anilines is 1. The molecule has 3 heterocycles. The number of amides is 5. The fraction of sp³-hybridized carbons (Fsp3) is 0.286. The first-order valence-electron chi connectivity index (χ1n) is 21.0. The van der Waals surface area contributed by atoms with Crippen molar-refractivity contribution >= 4 is 58.3 Å². The highest BCUT2D eigenvalue weighted by Crippen LogP contribution is 2.23. The Morgan fingerprint density at radius 1 is 0.615 bits per heavy atom. The summed E-state index contributed by atoms with van der Waals surface area (Å²) in [5.74, 6) is -7.70. The summed E-state index contributed by atoms with van der Waals surface area (Å²) in [6.07, 6.45) is -5.27. The van der Waals surface area contributed by atoms with Crippen LogP contribution in [0.2, 0.25) is 0 Å². The van der Waals surface area contributed by atoms with E-state index in [4.69, 9.17) is 0 Å². The highest BCUT2D eigenvalue weighted by molar-refractivity contribution is 7.09. The van der Waals surface area contributed by atoms with Crippen molar-refractivity contribution < 1.29 is 48.9 Å². The van der Waals surface area contributed by atoms with Crippen LogP contribution in [0.1, 0.15) is 41.8 Å². The Hall–Kier alpha value is -7.01. The molecule has 65 heavy (non-hydrogen) atoms. The largest absolute Gasteiger partial charge is 0.480 e. The van der Waals surface area contributed by atoms with Gasteiger partial charge in [-0.15, -0.1) is 11.3 Å². The van der Waals surface area contributed by atoms with E-state index in [1.807, 2.05) is 42.5 Å². The average Bonchev–Trinajstić information content (AvgIpc) is 3.81. The number of rotatable bonds is 10. The van der Waals surface area contributed by atoms with Crippen molar-refractivity contribution in [2.75, 3.05) is 5.32 Å². The smallest absolute Gasteiger partial charge is 0.328 e. The molecule has 0 radical (unpaired) electrons. The van der Waals surface area contributed by atoms with E-state index in [0.29, 0.717) is 21.6 Å². The number of fused-ring (bicyclic) bond motifs is 18. The minimum atomic E-state index is -2.32. The van der Waals surface area contributed by atoms with E-state index >= 15 is 0 Å². The maximum Gasteiger partial charge on any atom is 0.328 e. The molecule has 338 valence electrons. The minimum Gasteiger partial charge on any atom is -0.480 e. The molecule has 7 rings (SSSR count). The Kier molecular flexibility index (Phi) is 15.8. The lowest BCUT2D eigenvalue weighted by Crippen LogP contribution is -2.59. The number of benzene rings is 4. The van der Waals surface area contributed by atoms with Crippen molar-refractivity contribution in [1.29, 1.82) is 0 Å². The predicted octanol–water partition coefficient (Wildman–Crippen LogP) is 3.37. The molecule has 5 aromatic rings. The van der Waals surface area contributed by atoms with Gasteiger partial charge < -0.3 is 41.9 Å². The quantitative estimate of drug-likeness (QED) is 0.0952. The van der Waals surface area contributed by atoms with Gasteiger partial charge in [-0.2, -0.15) is 0 Å². The van der Waals surface area contributed by atoms with E-state index in [1.165, 1.54) is 37.3 Å². The zero-order valence-electron chi connectivity index (χ0n) is 35.7. The van der Waals surface area contributed by atoms with Gasteiger partial charge in [-0.1, -0.05) is 103 Å². The number of carboxylic acids is 1. The van der Waals surface area contributed by atoms with Gasteiger partial charge in [0.1, 0.15) is 17.6 Å². The van der Waals surface area contributed by atoms with Crippen LogP contribution in [0.5, 0.6) is 0 Å². The topological polar surface area (TPSA) is 240 Å². The SMILES string of the molecule is CC(C)(NC(=O)[C@H]1CC(=O)[C@@H](Cc2ccccc2)NC(=O)[C@H](Cc2ccc(-c3ccccc3)cc2)NC(=O)[C@@H](Cc2cccs2)NC(=O)[C@H](O)[C@@H](O)C(=O)Nc2ccc(cc2)C1)C(=O)O. The summed E-state index contributed by atoms with van der Waals surface area (Å²) in [7, 11) is 0. The first-order chi connectivity index (χ1) is 31.1. The average molecular weight is 902 g/mol. The van der Waals surface area contributed by atoms with Crippen molar-refractivity contribution in [2.24, 2.45) is 5.92 Å². The van der Waals surface area contributed by atoms with Gasteiger partial charge in [0.25, 0.3) is 11.8 Å². The second-order valence-electron chi connectivity index (χ2n) is 16.5. The van der Waals surface area contributed by atoms with Crippen LogP contribution in [0, 0.1) is 5.92 Å². The number of carbonyl (C=O) groups excluding carboxylic acids is 6. The van der Waals surface area contributed by atoms with Crippen molar-refractivity contribution in [3.8, 4) is 11.1 Å². The molecule has 8 N–H and O–H groups in total. The summed E-state index contributed by atoms with van der Waals surface area (Å²) in [5, 5.41) is 46.3. The van der Waals surface area contributed by atoms with Crippen LogP contribution < -0.4 is 26.6 Å². The van der Waals surface area contributed by atoms with Gasteiger partial charge in [0.05, 0.1) is 6.04 Å². The third-order valence-electron chi connectivity index (χ3n) is 11.1. The molecule has 2 aliphatic rings. The number of thiophene rings is 1. The molecule has 0 saturated carbocycles. The molecule has 0 spiro atoms. The van der Waals surface area contributed by atoms with Crippen LogP contribution in [0.3, 0.4) is 0 Å². The number of aliphatic hydroxyl groups is 2. The summed E-state index contributed by atoms with van der Waals surface area (Å²) < 4.78 is 0. The lowest BCUT2D eigenvalue weighted by atomic mass is 9.88. The van der Waals surface area contributed by atoms with Crippen molar-refractivity contribution in [1.82, 2.24) is 21.3 Å². The first-order valence-corrected chi connectivity index (χ1v) is 21.9. The molecule has 16 heteroatoms. The molecule has 5 amide bonds. The minimum absolute atomic E-state index is 0.00151. The van der Waals surface area contributed by atoms with Crippen LogP contribution in [0.4, 0.5) is 5.69 Å². The molecule has 4 aromatic carbocycles. The van der Waals surface area contributed by atoms with Gasteiger partial charge in [0.15, 0.2) is 18.0 Å². The first kappa shape index (κ1) is 47.5. The van der Waals surface area contributed by atoms with Crippen LogP contribution in [-0.2, 0) is 59.2 Å². The molecule has 1 aromatic heterocycles. The number of aliphatic carboxylic acids is 1.